The van der Waals surface area contributed by atoms with Crippen LogP contribution in [0.5, 0.6) is 0 Å². The van der Waals surface area contributed by atoms with Crippen molar-refractivity contribution in [2.75, 3.05) is 0 Å². The summed E-state index contributed by atoms with van der Waals surface area (Å²) in [5, 5.41) is 0. The fraction of sp³-hybridized carbons (Fsp3) is 0.250. The number of aryl methyl sites for hydroxylation is 2. The molecule has 0 amide bonds. The summed E-state index contributed by atoms with van der Waals surface area (Å²) in [5.41, 5.74) is 4.35. The second-order valence-electron chi connectivity index (χ2n) is 2.99. The van der Waals surface area contributed by atoms with Crippen LogP contribution in [-0.4, -0.2) is 4.98 Å². The summed E-state index contributed by atoms with van der Waals surface area (Å²) >= 11 is 0. The van der Waals surface area contributed by atoms with Gasteiger partial charge in [0.05, 0.1) is 5.69 Å². The molecule has 1 aromatic heterocycles. The van der Waals surface area contributed by atoms with Gasteiger partial charge in [-0.3, -0.25) is 4.98 Å². The van der Waals surface area contributed by atoms with Gasteiger partial charge >= 0.3 is 0 Å². The van der Waals surface area contributed by atoms with Crippen molar-refractivity contribution in [1.29, 1.82) is 0 Å². The summed E-state index contributed by atoms with van der Waals surface area (Å²) in [6.45, 7) is 11.7. The molecule has 0 N–H and O–H groups in total. The minimum absolute atomic E-state index is 0.928. The van der Waals surface area contributed by atoms with Crippen LogP contribution in [0.4, 0.5) is 0 Å². The van der Waals surface area contributed by atoms with E-state index >= 15 is 0 Å². The topological polar surface area (TPSA) is 12.9 Å². The monoisotopic (exact) mass is 173 g/mol. The zero-order valence-corrected chi connectivity index (χ0v) is 8.30. The summed E-state index contributed by atoms with van der Waals surface area (Å²) in [5.74, 6) is 0. The summed E-state index contributed by atoms with van der Waals surface area (Å²) in [7, 11) is 0. The second kappa shape index (κ2) is 4.04. The van der Waals surface area contributed by atoms with Crippen molar-refractivity contribution in [2.24, 2.45) is 0 Å². The standard InChI is InChI=1S/C12H15N/c1-5-10-8-9(4)11(6-2)13-12(10)7-3/h5,7-8H,1,3,6H2,2,4H3. The maximum Gasteiger partial charge on any atom is 0.0699 e. The van der Waals surface area contributed by atoms with E-state index in [-0.39, 0.29) is 0 Å². The molecule has 0 unspecified atom stereocenters. The molecular formula is C12H15N. The first-order chi connectivity index (χ1) is 6.22. The molecule has 1 heteroatoms. The molecule has 0 spiro atoms. The number of hydrogen-bond acceptors (Lipinski definition) is 1. The van der Waals surface area contributed by atoms with Crippen molar-refractivity contribution in [3.63, 3.8) is 0 Å². The molecule has 0 aromatic carbocycles. The molecule has 1 rings (SSSR count). The van der Waals surface area contributed by atoms with Crippen molar-refractivity contribution in [1.82, 2.24) is 4.98 Å². The molecule has 0 bridgehead atoms. The number of aromatic nitrogens is 1. The van der Waals surface area contributed by atoms with Crippen LogP contribution in [0.15, 0.2) is 19.2 Å². The second-order valence-corrected chi connectivity index (χ2v) is 2.99. The molecule has 1 aromatic rings. The van der Waals surface area contributed by atoms with E-state index in [0.29, 0.717) is 0 Å². The third-order valence-electron chi connectivity index (χ3n) is 2.13. The Bertz CT molecular complexity index is 337. The molecule has 0 radical (unpaired) electrons. The van der Waals surface area contributed by atoms with E-state index in [1.807, 2.05) is 6.08 Å². The van der Waals surface area contributed by atoms with Crippen molar-refractivity contribution in [2.45, 2.75) is 20.3 Å². The Kier molecular flexibility index (Phi) is 3.02. The Morgan fingerprint density at radius 1 is 1.38 bits per heavy atom. The van der Waals surface area contributed by atoms with E-state index in [0.717, 1.165) is 23.4 Å². The molecule has 68 valence electrons. The van der Waals surface area contributed by atoms with Gasteiger partial charge in [0.25, 0.3) is 0 Å². The quantitative estimate of drug-likeness (QED) is 0.683. The maximum atomic E-state index is 4.49. The molecule has 0 saturated heterocycles. The van der Waals surface area contributed by atoms with Gasteiger partial charge in [-0.05, 0) is 36.6 Å². The third kappa shape index (κ3) is 1.86. The highest BCUT2D eigenvalue weighted by Gasteiger charge is 2.02. The van der Waals surface area contributed by atoms with Gasteiger partial charge in [0.2, 0.25) is 0 Å². The third-order valence-corrected chi connectivity index (χ3v) is 2.13. The number of pyridine rings is 1. The predicted octanol–water partition coefficient (Wildman–Crippen LogP) is 3.24. The van der Waals surface area contributed by atoms with Crippen LogP contribution in [0, 0.1) is 6.92 Å². The lowest BCUT2D eigenvalue weighted by Gasteiger charge is -2.06. The van der Waals surface area contributed by atoms with Crippen molar-refractivity contribution < 1.29 is 0 Å². The van der Waals surface area contributed by atoms with E-state index in [9.17, 15) is 0 Å². The van der Waals surface area contributed by atoms with Crippen molar-refractivity contribution in [3.8, 4) is 0 Å². The van der Waals surface area contributed by atoms with E-state index in [4.69, 9.17) is 0 Å². The highest BCUT2D eigenvalue weighted by atomic mass is 14.7. The van der Waals surface area contributed by atoms with E-state index in [1.54, 1.807) is 6.08 Å². The molecular weight excluding hydrogens is 158 g/mol. The number of nitrogens with zero attached hydrogens (tertiary/aromatic N) is 1. The summed E-state index contributed by atoms with van der Waals surface area (Å²) in [4.78, 5) is 4.49. The minimum Gasteiger partial charge on any atom is -0.253 e. The van der Waals surface area contributed by atoms with Gasteiger partial charge in [-0.25, -0.2) is 0 Å². The van der Waals surface area contributed by atoms with Gasteiger partial charge in [0, 0.05) is 5.69 Å². The van der Waals surface area contributed by atoms with Crippen LogP contribution in [-0.2, 0) is 6.42 Å². The van der Waals surface area contributed by atoms with Crippen molar-refractivity contribution >= 4 is 12.2 Å². The maximum absolute atomic E-state index is 4.49. The molecule has 0 aliphatic rings. The first-order valence-electron chi connectivity index (χ1n) is 4.48. The normalized spacial score (nSPS) is 9.69. The number of hydrogen-bond donors (Lipinski definition) is 0. The lowest BCUT2D eigenvalue weighted by atomic mass is 10.1. The first kappa shape index (κ1) is 9.72. The van der Waals surface area contributed by atoms with Crippen LogP contribution >= 0.6 is 0 Å². The molecule has 0 aliphatic carbocycles. The first-order valence-corrected chi connectivity index (χ1v) is 4.48. The van der Waals surface area contributed by atoms with Gasteiger partial charge < -0.3 is 0 Å². The molecule has 13 heavy (non-hydrogen) atoms. The van der Waals surface area contributed by atoms with Crippen LogP contribution in [0.1, 0.15) is 29.4 Å². The van der Waals surface area contributed by atoms with Gasteiger partial charge in [-0.15, -0.1) is 0 Å². The average Bonchev–Trinajstić information content (AvgIpc) is 2.17. The highest BCUT2D eigenvalue weighted by molar-refractivity contribution is 5.61. The Morgan fingerprint density at radius 2 is 2.08 bits per heavy atom. The Morgan fingerprint density at radius 3 is 2.54 bits per heavy atom. The molecule has 0 aliphatic heterocycles. The fourth-order valence-electron chi connectivity index (χ4n) is 1.37. The zero-order valence-electron chi connectivity index (χ0n) is 8.30. The Hall–Kier alpha value is -1.37. The Balaban J connectivity index is 3.34. The fourth-order valence-corrected chi connectivity index (χ4v) is 1.37. The number of rotatable bonds is 3. The van der Waals surface area contributed by atoms with E-state index < -0.39 is 0 Å². The summed E-state index contributed by atoms with van der Waals surface area (Å²) < 4.78 is 0. The molecule has 0 fully saturated rings. The summed E-state index contributed by atoms with van der Waals surface area (Å²) in [6.07, 6.45) is 4.55. The van der Waals surface area contributed by atoms with Gasteiger partial charge in [0.1, 0.15) is 0 Å². The van der Waals surface area contributed by atoms with Crippen LogP contribution in [0.3, 0.4) is 0 Å². The SMILES string of the molecule is C=Cc1cc(C)c(CC)nc1C=C. The van der Waals surface area contributed by atoms with E-state index in [2.05, 4.69) is 38.1 Å². The predicted molar refractivity (Wildman–Crippen MR) is 58.5 cm³/mol. The van der Waals surface area contributed by atoms with E-state index in [1.165, 1.54) is 5.56 Å². The van der Waals surface area contributed by atoms with Crippen LogP contribution in [0.25, 0.3) is 12.2 Å². The zero-order chi connectivity index (χ0) is 9.84. The largest absolute Gasteiger partial charge is 0.253 e. The minimum atomic E-state index is 0.928. The smallest absolute Gasteiger partial charge is 0.0699 e. The summed E-state index contributed by atoms with van der Waals surface area (Å²) in [6, 6.07) is 2.11. The molecule has 1 nitrogen and oxygen atoms in total. The van der Waals surface area contributed by atoms with Gasteiger partial charge in [0.15, 0.2) is 0 Å². The van der Waals surface area contributed by atoms with Crippen molar-refractivity contribution in [3.05, 3.63) is 41.7 Å². The van der Waals surface area contributed by atoms with Gasteiger partial charge in [-0.2, -0.15) is 0 Å². The molecule has 0 saturated carbocycles. The Labute approximate surface area is 79.8 Å². The van der Waals surface area contributed by atoms with Crippen LogP contribution in [0.2, 0.25) is 0 Å². The van der Waals surface area contributed by atoms with Crippen LogP contribution < -0.4 is 0 Å². The molecule has 1 heterocycles. The lowest BCUT2D eigenvalue weighted by molar-refractivity contribution is 0.999. The molecule has 0 atom stereocenters. The highest BCUT2D eigenvalue weighted by Crippen LogP contribution is 2.15. The lowest BCUT2D eigenvalue weighted by Crippen LogP contribution is -1.96. The van der Waals surface area contributed by atoms with Gasteiger partial charge in [-0.1, -0.05) is 26.2 Å². The average molecular weight is 173 g/mol.